The van der Waals surface area contributed by atoms with Gasteiger partial charge in [0.05, 0.1) is 17.1 Å². The number of hydrogen-bond donors (Lipinski definition) is 1. The molecule has 1 aromatic carbocycles. The Morgan fingerprint density at radius 2 is 1.85 bits per heavy atom. The van der Waals surface area contributed by atoms with E-state index in [1.54, 1.807) is 42.3 Å². The van der Waals surface area contributed by atoms with Crippen LogP contribution >= 0.6 is 0 Å². The molecule has 0 aliphatic carbocycles. The van der Waals surface area contributed by atoms with E-state index in [2.05, 4.69) is 21.5 Å². The highest BCUT2D eigenvalue weighted by Crippen LogP contribution is 2.35. The van der Waals surface area contributed by atoms with Gasteiger partial charge >= 0.3 is 0 Å². The van der Waals surface area contributed by atoms with Crippen molar-refractivity contribution in [1.29, 1.82) is 5.26 Å². The summed E-state index contributed by atoms with van der Waals surface area (Å²) in [5, 5.41) is 28.9. The van der Waals surface area contributed by atoms with Crippen molar-refractivity contribution in [2.75, 3.05) is 25.6 Å². The maximum atomic E-state index is 11.0. The van der Waals surface area contributed by atoms with Crippen LogP contribution in [0.15, 0.2) is 42.6 Å². The SMILES string of the molecule is CC.COCCOc1cc(Nc2c(C#N)c(-c3ccc([N+](=O)[O-])cc3)nn2C(C)(C)C)ccn1. The summed E-state index contributed by atoms with van der Waals surface area (Å²) in [6.45, 7) is 10.7. The molecule has 2 aromatic heterocycles. The van der Waals surface area contributed by atoms with E-state index in [-0.39, 0.29) is 5.69 Å². The van der Waals surface area contributed by atoms with Gasteiger partial charge in [0.1, 0.15) is 29.8 Å². The van der Waals surface area contributed by atoms with Crippen LogP contribution in [-0.2, 0) is 10.3 Å². The lowest BCUT2D eigenvalue weighted by atomic mass is 10.1. The summed E-state index contributed by atoms with van der Waals surface area (Å²) < 4.78 is 12.3. The van der Waals surface area contributed by atoms with Gasteiger partial charge in [0, 0.05) is 42.8 Å². The standard InChI is InChI=1S/C22H24N6O4.C2H6/c1-22(2,3)27-21(25-16-9-10-24-19(13-16)32-12-11-31-4)18(14-23)20(26-27)15-5-7-17(8-6-15)28(29)30;1-2/h5-10,13H,11-12H2,1-4H3,(H,24,25);1-2H3. The number of nitro benzene ring substituents is 1. The van der Waals surface area contributed by atoms with Crippen LogP contribution in [0.25, 0.3) is 11.3 Å². The fourth-order valence-electron chi connectivity index (χ4n) is 3.00. The zero-order valence-electron chi connectivity index (χ0n) is 20.3. The van der Waals surface area contributed by atoms with Crippen LogP contribution in [0.1, 0.15) is 40.2 Å². The monoisotopic (exact) mass is 466 g/mol. The third-order valence-corrected chi connectivity index (χ3v) is 4.52. The third-order valence-electron chi connectivity index (χ3n) is 4.52. The van der Waals surface area contributed by atoms with E-state index in [4.69, 9.17) is 9.47 Å². The van der Waals surface area contributed by atoms with Crippen LogP contribution in [0, 0.1) is 21.4 Å². The summed E-state index contributed by atoms with van der Waals surface area (Å²) >= 11 is 0. The molecule has 2 heterocycles. The Balaban J connectivity index is 0.00000199. The molecular weight excluding hydrogens is 436 g/mol. The fraction of sp³-hybridized carbons (Fsp3) is 0.375. The van der Waals surface area contributed by atoms with Crippen LogP contribution in [0.4, 0.5) is 17.2 Å². The molecule has 0 spiro atoms. The second-order valence-corrected chi connectivity index (χ2v) is 7.92. The number of nitrogens with one attached hydrogen (secondary N) is 1. The average Bonchev–Trinajstić information content (AvgIpc) is 3.19. The highest BCUT2D eigenvalue weighted by atomic mass is 16.6. The molecule has 1 N–H and O–H groups in total. The second kappa shape index (κ2) is 11.8. The Kier molecular flexibility index (Phi) is 9.10. The highest BCUT2D eigenvalue weighted by Gasteiger charge is 2.26. The lowest BCUT2D eigenvalue weighted by Crippen LogP contribution is -2.24. The number of aromatic nitrogens is 3. The minimum absolute atomic E-state index is 0.0290. The molecule has 0 aliphatic heterocycles. The molecule has 0 saturated carbocycles. The number of ether oxygens (including phenoxy) is 2. The number of anilines is 2. The minimum Gasteiger partial charge on any atom is -0.475 e. The smallest absolute Gasteiger partial charge is 0.269 e. The number of methoxy groups -OCH3 is 1. The van der Waals surface area contributed by atoms with Gasteiger partial charge in [-0.15, -0.1) is 0 Å². The normalized spacial score (nSPS) is 10.6. The van der Waals surface area contributed by atoms with Gasteiger partial charge in [-0.1, -0.05) is 13.8 Å². The Hall–Kier alpha value is -3.97. The quantitative estimate of drug-likeness (QED) is 0.270. The number of nitrogens with zero attached hydrogens (tertiary/aromatic N) is 5. The molecule has 34 heavy (non-hydrogen) atoms. The maximum Gasteiger partial charge on any atom is 0.269 e. The fourth-order valence-corrected chi connectivity index (χ4v) is 3.00. The van der Waals surface area contributed by atoms with Gasteiger partial charge in [-0.25, -0.2) is 9.67 Å². The van der Waals surface area contributed by atoms with Crippen LogP contribution in [-0.4, -0.2) is 40.0 Å². The number of non-ortho nitro benzene ring substituents is 1. The molecule has 0 saturated heterocycles. The van der Waals surface area contributed by atoms with E-state index in [1.807, 2.05) is 34.6 Å². The molecular formula is C24H30N6O4. The lowest BCUT2D eigenvalue weighted by molar-refractivity contribution is -0.384. The van der Waals surface area contributed by atoms with E-state index in [9.17, 15) is 15.4 Å². The van der Waals surface area contributed by atoms with Crippen LogP contribution in [0.3, 0.4) is 0 Å². The van der Waals surface area contributed by atoms with Crippen molar-refractivity contribution in [1.82, 2.24) is 14.8 Å². The highest BCUT2D eigenvalue weighted by molar-refractivity contribution is 5.77. The van der Waals surface area contributed by atoms with Gasteiger partial charge in [-0.2, -0.15) is 10.4 Å². The molecule has 3 rings (SSSR count). The summed E-state index contributed by atoms with van der Waals surface area (Å²) in [7, 11) is 1.59. The number of hydrogen-bond acceptors (Lipinski definition) is 8. The first-order chi connectivity index (χ1) is 16.2. The number of nitro groups is 1. The van der Waals surface area contributed by atoms with Crippen LogP contribution in [0.2, 0.25) is 0 Å². The Morgan fingerprint density at radius 1 is 1.18 bits per heavy atom. The Bertz CT molecular complexity index is 1140. The van der Waals surface area contributed by atoms with Gasteiger partial charge in [0.15, 0.2) is 0 Å². The van der Waals surface area contributed by atoms with Gasteiger partial charge in [0.2, 0.25) is 5.88 Å². The lowest BCUT2D eigenvalue weighted by Gasteiger charge is -2.23. The molecule has 180 valence electrons. The molecule has 0 bridgehead atoms. The van der Waals surface area contributed by atoms with Crippen LogP contribution in [0.5, 0.6) is 5.88 Å². The first-order valence-corrected chi connectivity index (χ1v) is 10.9. The zero-order valence-corrected chi connectivity index (χ0v) is 20.3. The van der Waals surface area contributed by atoms with Crippen molar-refractivity contribution in [3.63, 3.8) is 0 Å². The van der Waals surface area contributed by atoms with Crippen molar-refractivity contribution in [3.8, 4) is 23.2 Å². The second-order valence-electron chi connectivity index (χ2n) is 7.92. The summed E-state index contributed by atoms with van der Waals surface area (Å²) in [6.07, 6.45) is 1.60. The molecule has 0 amide bonds. The third kappa shape index (κ3) is 6.30. The minimum atomic E-state index is -0.467. The summed E-state index contributed by atoms with van der Waals surface area (Å²) in [5.74, 6) is 0.922. The van der Waals surface area contributed by atoms with Crippen molar-refractivity contribution in [2.45, 2.75) is 40.2 Å². The number of pyridine rings is 1. The molecule has 0 fully saturated rings. The number of nitriles is 1. The summed E-state index contributed by atoms with van der Waals surface area (Å²) in [6, 6.07) is 11.7. The predicted molar refractivity (Wildman–Crippen MR) is 130 cm³/mol. The zero-order chi connectivity index (χ0) is 25.3. The van der Waals surface area contributed by atoms with Crippen molar-refractivity contribution in [2.24, 2.45) is 0 Å². The van der Waals surface area contributed by atoms with Gasteiger partial charge in [0.25, 0.3) is 5.69 Å². The van der Waals surface area contributed by atoms with Crippen molar-refractivity contribution in [3.05, 3.63) is 58.3 Å². The molecule has 0 atom stereocenters. The Labute approximate surface area is 199 Å². The van der Waals surface area contributed by atoms with Crippen molar-refractivity contribution < 1.29 is 14.4 Å². The van der Waals surface area contributed by atoms with E-state index >= 15 is 0 Å². The van der Waals surface area contributed by atoms with E-state index in [0.717, 1.165) is 0 Å². The predicted octanol–water partition coefficient (Wildman–Crippen LogP) is 5.27. The molecule has 10 nitrogen and oxygen atoms in total. The molecule has 10 heteroatoms. The molecule has 0 radical (unpaired) electrons. The van der Waals surface area contributed by atoms with Crippen LogP contribution < -0.4 is 10.1 Å². The van der Waals surface area contributed by atoms with Gasteiger partial charge < -0.3 is 14.8 Å². The van der Waals surface area contributed by atoms with E-state index in [0.29, 0.717) is 47.4 Å². The number of rotatable bonds is 8. The maximum absolute atomic E-state index is 11.0. The molecule has 0 aliphatic rings. The summed E-state index contributed by atoms with van der Waals surface area (Å²) in [5.41, 5.74) is 1.57. The average molecular weight is 467 g/mol. The van der Waals surface area contributed by atoms with E-state index < -0.39 is 10.5 Å². The Morgan fingerprint density at radius 3 is 2.41 bits per heavy atom. The van der Waals surface area contributed by atoms with E-state index in [1.165, 1.54) is 12.1 Å². The molecule has 0 unspecified atom stereocenters. The summed E-state index contributed by atoms with van der Waals surface area (Å²) in [4.78, 5) is 14.7. The first-order valence-electron chi connectivity index (χ1n) is 10.9. The largest absolute Gasteiger partial charge is 0.475 e. The molecule has 3 aromatic rings. The first kappa shape index (κ1) is 26.3. The van der Waals surface area contributed by atoms with Crippen molar-refractivity contribution >= 4 is 17.2 Å². The van der Waals surface area contributed by atoms with Gasteiger partial charge in [-0.05, 0) is 39.0 Å². The topological polar surface area (TPSA) is 128 Å². The number of benzene rings is 1. The van der Waals surface area contributed by atoms with Gasteiger partial charge in [-0.3, -0.25) is 10.1 Å².